The van der Waals surface area contributed by atoms with Gasteiger partial charge >= 0.3 is 0 Å². The van der Waals surface area contributed by atoms with Gasteiger partial charge in [-0.15, -0.1) is 0 Å². The average Bonchev–Trinajstić information content (AvgIpc) is 2.78. The van der Waals surface area contributed by atoms with E-state index in [1.807, 2.05) is 19.1 Å². The number of methoxy groups -OCH3 is 1. The topological polar surface area (TPSA) is 84.9 Å². The highest BCUT2D eigenvalue weighted by Gasteiger charge is 2.19. The molecule has 3 aromatic carbocycles. The zero-order valence-electron chi connectivity index (χ0n) is 19.2. The van der Waals surface area contributed by atoms with E-state index in [1.165, 1.54) is 4.31 Å². The van der Waals surface area contributed by atoms with Gasteiger partial charge in [-0.1, -0.05) is 35.9 Å². The molecule has 0 heterocycles. The van der Waals surface area contributed by atoms with E-state index in [4.69, 9.17) is 21.1 Å². The van der Waals surface area contributed by atoms with Gasteiger partial charge in [-0.05, 0) is 55.3 Å². The van der Waals surface area contributed by atoms with Gasteiger partial charge in [0.15, 0.2) is 5.75 Å². The second-order valence-corrected chi connectivity index (χ2v) is 10.0. The summed E-state index contributed by atoms with van der Waals surface area (Å²) < 4.78 is 37.1. The Morgan fingerprint density at radius 2 is 1.76 bits per heavy atom. The summed E-state index contributed by atoms with van der Waals surface area (Å²) in [5.74, 6) is 1.32. The van der Waals surface area contributed by atoms with Crippen LogP contribution in [0.4, 0.5) is 11.4 Å². The van der Waals surface area contributed by atoms with Crippen molar-refractivity contribution in [1.29, 1.82) is 0 Å². The van der Waals surface area contributed by atoms with E-state index in [0.717, 1.165) is 11.8 Å². The summed E-state index contributed by atoms with van der Waals surface area (Å²) in [5.41, 5.74) is 1.86. The van der Waals surface area contributed by atoms with Crippen molar-refractivity contribution in [3.8, 4) is 17.2 Å². The minimum Gasteiger partial charge on any atom is -0.497 e. The van der Waals surface area contributed by atoms with Crippen LogP contribution < -0.4 is 19.1 Å². The summed E-state index contributed by atoms with van der Waals surface area (Å²) in [5, 5.41) is 3.26. The highest BCUT2D eigenvalue weighted by atomic mass is 35.5. The smallest absolute Gasteiger partial charge is 0.232 e. The largest absolute Gasteiger partial charge is 0.497 e. The molecule has 0 atom stereocenters. The summed E-state index contributed by atoms with van der Waals surface area (Å²) in [7, 11) is -1.93. The Hall–Kier alpha value is -3.23. The van der Waals surface area contributed by atoms with Crippen molar-refractivity contribution < 1.29 is 22.7 Å². The van der Waals surface area contributed by atoms with E-state index in [0.29, 0.717) is 40.1 Å². The molecule has 0 fully saturated rings. The lowest BCUT2D eigenvalue weighted by atomic mass is 10.2. The lowest BCUT2D eigenvalue weighted by Gasteiger charge is -2.24. The van der Waals surface area contributed by atoms with Gasteiger partial charge in [0.2, 0.25) is 15.9 Å². The number of rotatable bonds is 10. The van der Waals surface area contributed by atoms with Crippen molar-refractivity contribution in [3.63, 3.8) is 0 Å². The molecule has 3 rings (SSSR count). The maximum absolute atomic E-state index is 12.7. The second kappa shape index (κ2) is 11.3. The van der Waals surface area contributed by atoms with E-state index in [-0.39, 0.29) is 18.9 Å². The number of benzene rings is 3. The number of para-hydroxylation sites is 1. The molecule has 1 amide bonds. The zero-order chi connectivity index (χ0) is 24.7. The number of hydrogen-bond acceptors (Lipinski definition) is 5. The molecular formula is C25H27ClN2O5S. The third-order valence-corrected chi connectivity index (χ3v) is 6.45. The molecule has 0 radical (unpaired) electrons. The molecule has 0 saturated carbocycles. The van der Waals surface area contributed by atoms with E-state index in [2.05, 4.69) is 5.32 Å². The van der Waals surface area contributed by atoms with E-state index < -0.39 is 10.0 Å². The van der Waals surface area contributed by atoms with Crippen LogP contribution in [0.3, 0.4) is 0 Å². The fourth-order valence-corrected chi connectivity index (χ4v) is 4.58. The monoisotopic (exact) mass is 502 g/mol. The lowest BCUT2D eigenvalue weighted by Crippen LogP contribution is -2.32. The van der Waals surface area contributed by atoms with E-state index in [1.54, 1.807) is 61.7 Å². The molecule has 7 nitrogen and oxygen atoms in total. The highest BCUT2D eigenvalue weighted by molar-refractivity contribution is 7.92. The van der Waals surface area contributed by atoms with Gasteiger partial charge in [0, 0.05) is 24.1 Å². The number of hydrogen-bond donors (Lipinski definition) is 1. The molecule has 0 aliphatic rings. The predicted octanol–water partition coefficient (Wildman–Crippen LogP) is 5.63. The number of ether oxygens (including phenoxy) is 2. The Morgan fingerprint density at radius 3 is 2.47 bits per heavy atom. The summed E-state index contributed by atoms with van der Waals surface area (Å²) >= 11 is 6.13. The number of amides is 1. The molecular weight excluding hydrogens is 476 g/mol. The molecule has 0 unspecified atom stereocenters. The van der Waals surface area contributed by atoms with Gasteiger partial charge in [0.05, 0.1) is 24.7 Å². The number of halogens is 1. The SMILES string of the molecule is COc1cccc(Oc2ccc(Cl)cc2NC(=O)CCCN(c2ccccc2C)S(C)(=O)=O)c1. The summed E-state index contributed by atoms with van der Waals surface area (Å²) in [6, 6.07) is 19.3. The molecule has 0 aliphatic heterocycles. The Bertz CT molecular complexity index is 1260. The third kappa shape index (κ3) is 6.88. The van der Waals surface area contributed by atoms with Crippen molar-refractivity contribution >= 4 is 38.9 Å². The van der Waals surface area contributed by atoms with Gasteiger partial charge < -0.3 is 14.8 Å². The number of sulfonamides is 1. The number of carbonyl (C=O) groups excluding carboxylic acids is 1. The quantitative estimate of drug-likeness (QED) is 0.388. The van der Waals surface area contributed by atoms with Crippen LogP contribution in [0.1, 0.15) is 18.4 Å². The van der Waals surface area contributed by atoms with Crippen LogP contribution in [0.2, 0.25) is 5.02 Å². The average molecular weight is 503 g/mol. The first-order chi connectivity index (χ1) is 16.2. The molecule has 34 heavy (non-hydrogen) atoms. The van der Waals surface area contributed by atoms with Crippen LogP contribution in [0.25, 0.3) is 0 Å². The Kier molecular flexibility index (Phi) is 8.41. The summed E-state index contributed by atoms with van der Waals surface area (Å²) in [6.07, 6.45) is 1.61. The first-order valence-electron chi connectivity index (χ1n) is 10.6. The molecule has 0 spiro atoms. The maximum Gasteiger partial charge on any atom is 0.232 e. The molecule has 1 N–H and O–H groups in total. The van der Waals surface area contributed by atoms with E-state index >= 15 is 0 Å². The molecule has 9 heteroatoms. The molecule has 0 bridgehead atoms. The zero-order valence-corrected chi connectivity index (χ0v) is 20.8. The molecule has 0 aromatic heterocycles. The first-order valence-corrected chi connectivity index (χ1v) is 12.8. The molecule has 3 aromatic rings. The first kappa shape index (κ1) is 25.4. The Labute approximate surface area is 205 Å². The van der Waals surface area contributed by atoms with Crippen molar-refractivity contribution in [3.05, 3.63) is 77.3 Å². The number of anilines is 2. The van der Waals surface area contributed by atoms with Crippen molar-refractivity contribution in [2.24, 2.45) is 0 Å². The minimum absolute atomic E-state index is 0.114. The Balaban J connectivity index is 1.67. The highest BCUT2D eigenvalue weighted by Crippen LogP contribution is 2.33. The fraction of sp³-hybridized carbons (Fsp3) is 0.240. The standard InChI is InChI=1S/C25H27ClN2O5S/c1-18-8-4-5-11-23(18)28(34(3,30)31)15-7-12-25(29)27-22-16-19(26)13-14-24(22)33-21-10-6-9-20(17-21)32-2/h4-6,8-11,13-14,16-17H,7,12,15H2,1-3H3,(H,27,29). The lowest BCUT2D eigenvalue weighted by molar-refractivity contribution is -0.116. The van der Waals surface area contributed by atoms with Crippen LogP contribution in [0.15, 0.2) is 66.7 Å². The van der Waals surface area contributed by atoms with Gasteiger partial charge in [0.1, 0.15) is 11.5 Å². The van der Waals surface area contributed by atoms with Gasteiger partial charge in [-0.2, -0.15) is 0 Å². The number of nitrogens with one attached hydrogen (secondary N) is 1. The van der Waals surface area contributed by atoms with Crippen molar-refractivity contribution in [2.75, 3.05) is 29.5 Å². The molecule has 180 valence electrons. The van der Waals surface area contributed by atoms with Crippen LogP contribution in [-0.4, -0.2) is 34.2 Å². The van der Waals surface area contributed by atoms with Crippen molar-refractivity contribution in [2.45, 2.75) is 19.8 Å². The third-order valence-electron chi connectivity index (χ3n) is 5.03. The van der Waals surface area contributed by atoms with Crippen LogP contribution in [-0.2, 0) is 14.8 Å². The predicted molar refractivity (Wildman–Crippen MR) is 136 cm³/mol. The Morgan fingerprint density at radius 1 is 1.03 bits per heavy atom. The van der Waals surface area contributed by atoms with E-state index in [9.17, 15) is 13.2 Å². The fourth-order valence-electron chi connectivity index (χ4n) is 3.38. The van der Waals surface area contributed by atoms with Crippen LogP contribution in [0.5, 0.6) is 17.2 Å². The van der Waals surface area contributed by atoms with Gasteiger partial charge in [-0.25, -0.2) is 8.42 Å². The number of aryl methyl sites for hydroxylation is 1. The van der Waals surface area contributed by atoms with Crippen LogP contribution >= 0.6 is 11.6 Å². The second-order valence-electron chi connectivity index (χ2n) is 7.69. The summed E-state index contributed by atoms with van der Waals surface area (Å²) in [6.45, 7) is 2.03. The van der Waals surface area contributed by atoms with Gasteiger partial charge in [-0.3, -0.25) is 9.10 Å². The molecule has 0 saturated heterocycles. The maximum atomic E-state index is 12.7. The summed E-state index contributed by atoms with van der Waals surface area (Å²) in [4.78, 5) is 12.7. The normalized spacial score (nSPS) is 11.1. The van der Waals surface area contributed by atoms with Crippen LogP contribution in [0, 0.1) is 6.92 Å². The minimum atomic E-state index is -3.50. The van der Waals surface area contributed by atoms with Gasteiger partial charge in [0.25, 0.3) is 0 Å². The number of nitrogens with zero attached hydrogens (tertiary/aromatic N) is 1. The number of carbonyl (C=O) groups is 1. The van der Waals surface area contributed by atoms with Crippen molar-refractivity contribution in [1.82, 2.24) is 0 Å². The molecule has 0 aliphatic carbocycles.